The van der Waals surface area contributed by atoms with E-state index < -0.39 is 5.97 Å². The highest BCUT2D eigenvalue weighted by Gasteiger charge is 2.28. The topological polar surface area (TPSA) is 94.6 Å². The number of methoxy groups -OCH3 is 2. The van der Waals surface area contributed by atoms with Crippen LogP contribution >= 0.6 is 23.4 Å². The third kappa shape index (κ3) is 7.62. The molecule has 0 amide bonds. The summed E-state index contributed by atoms with van der Waals surface area (Å²) < 4.78 is 43.2. The van der Waals surface area contributed by atoms with Gasteiger partial charge in [-0.05, 0) is 92.1 Å². The average molecular weight is 774 g/mol. The standard InChI is InChI=1S/C41H45ClFN5O5S/c1-25-37-34-12-11-33(42)39(37)38-26(2)44-48(14-16-52-18-17-50-4)35(38)24-54-23-30-22-31(46(3)45-30)9-7-27-19-28-21-29(43)8-10-32(28)36(20-27)53-15-6-13-47(34)40(25)41(49)51-5/h8,10-12,19-22H,6-7,9,13-18,23-24H2,1-5H3. The highest BCUT2D eigenvalue weighted by atomic mass is 35.5. The van der Waals surface area contributed by atoms with Crippen LogP contribution in [-0.4, -0.2) is 70.7 Å². The maximum absolute atomic E-state index is 14.4. The van der Waals surface area contributed by atoms with E-state index in [1.807, 2.05) is 53.0 Å². The van der Waals surface area contributed by atoms with E-state index in [0.29, 0.717) is 73.9 Å². The lowest BCUT2D eigenvalue weighted by Crippen LogP contribution is -2.13. The Balaban J connectivity index is 1.35. The van der Waals surface area contributed by atoms with Crippen molar-refractivity contribution in [2.75, 3.05) is 40.6 Å². The van der Waals surface area contributed by atoms with Gasteiger partial charge in [-0.25, -0.2) is 9.18 Å². The Kier molecular flexibility index (Phi) is 11.6. The molecule has 3 aromatic heterocycles. The molecule has 0 aliphatic carbocycles. The fourth-order valence-electron chi connectivity index (χ4n) is 7.56. The number of halogens is 2. The van der Waals surface area contributed by atoms with E-state index in [1.54, 1.807) is 31.0 Å². The number of carbonyl (C=O) groups excluding carboxylic acids is 1. The smallest absolute Gasteiger partial charge is 0.354 e. The summed E-state index contributed by atoms with van der Waals surface area (Å²) in [6.07, 6.45) is 2.10. The van der Waals surface area contributed by atoms with E-state index in [9.17, 15) is 9.18 Å². The number of hydrogen-bond donors (Lipinski definition) is 0. The average Bonchev–Trinajstić information content (AvgIpc) is 3.77. The lowest BCUT2D eigenvalue weighted by Gasteiger charge is -2.15. The molecule has 0 fully saturated rings. The number of nitrogens with zero attached hydrogens (tertiary/aromatic N) is 5. The Morgan fingerprint density at radius 2 is 1.85 bits per heavy atom. The van der Waals surface area contributed by atoms with Gasteiger partial charge in [0.2, 0.25) is 0 Å². The zero-order valence-corrected chi connectivity index (χ0v) is 32.9. The predicted octanol–water partition coefficient (Wildman–Crippen LogP) is 8.25. The fraction of sp³-hybridized carbons (Fsp3) is 0.390. The number of carbonyl (C=O) groups is 1. The third-order valence-corrected chi connectivity index (χ3v) is 11.4. The molecule has 7 rings (SSSR count). The van der Waals surface area contributed by atoms with E-state index in [0.717, 1.165) is 79.5 Å². The highest BCUT2D eigenvalue weighted by Crippen LogP contribution is 2.43. The van der Waals surface area contributed by atoms with Gasteiger partial charge in [0.1, 0.15) is 17.3 Å². The molecule has 1 aliphatic rings. The maximum Gasteiger partial charge on any atom is 0.354 e. The van der Waals surface area contributed by atoms with Crippen LogP contribution in [0.15, 0.2) is 48.5 Å². The van der Waals surface area contributed by atoms with Crippen LogP contribution in [-0.2, 0) is 58.7 Å². The van der Waals surface area contributed by atoms with Crippen LogP contribution in [0.3, 0.4) is 0 Å². The molecule has 0 N–H and O–H groups in total. The van der Waals surface area contributed by atoms with Crippen molar-refractivity contribution in [3.8, 4) is 16.9 Å². The van der Waals surface area contributed by atoms with Gasteiger partial charge in [-0.15, -0.1) is 11.8 Å². The lowest BCUT2D eigenvalue weighted by molar-refractivity contribution is 0.0587. The Bertz CT molecular complexity index is 2330. The van der Waals surface area contributed by atoms with E-state index in [-0.39, 0.29) is 5.82 Å². The molecule has 0 atom stereocenters. The van der Waals surface area contributed by atoms with Crippen molar-refractivity contribution < 1.29 is 28.1 Å². The number of aryl methyl sites for hydroxylation is 6. The first-order chi connectivity index (χ1) is 26.2. The minimum absolute atomic E-state index is 0.290. The number of esters is 1. The number of fused-ring (bicyclic) bond motifs is 8. The van der Waals surface area contributed by atoms with Crippen LogP contribution in [0.25, 0.3) is 32.8 Å². The van der Waals surface area contributed by atoms with Crippen LogP contribution in [0.5, 0.6) is 5.75 Å². The van der Waals surface area contributed by atoms with Crippen molar-refractivity contribution in [3.05, 3.63) is 99.0 Å². The molecule has 1 aliphatic heterocycles. The first-order valence-corrected chi connectivity index (χ1v) is 19.7. The summed E-state index contributed by atoms with van der Waals surface area (Å²) in [5.74, 6) is 1.32. The predicted molar refractivity (Wildman–Crippen MR) is 211 cm³/mol. The first-order valence-electron chi connectivity index (χ1n) is 18.2. The minimum atomic E-state index is -0.423. The van der Waals surface area contributed by atoms with Crippen LogP contribution in [0.4, 0.5) is 4.39 Å². The summed E-state index contributed by atoms with van der Waals surface area (Å²) in [7, 11) is 5.04. The molecule has 0 radical (unpaired) electrons. The van der Waals surface area contributed by atoms with Crippen molar-refractivity contribution in [3.63, 3.8) is 0 Å². The van der Waals surface area contributed by atoms with Gasteiger partial charge in [0, 0.05) is 70.3 Å². The molecule has 0 unspecified atom stereocenters. The van der Waals surface area contributed by atoms with Crippen LogP contribution < -0.4 is 4.74 Å². The molecule has 10 nitrogen and oxygen atoms in total. The number of aromatic nitrogens is 5. The van der Waals surface area contributed by atoms with Crippen molar-refractivity contribution in [2.45, 2.75) is 57.7 Å². The molecule has 0 spiro atoms. The van der Waals surface area contributed by atoms with Crippen molar-refractivity contribution in [1.29, 1.82) is 0 Å². The number of ether oxygens (including phenoxy) is 4. The van der Waals surface area contributed by atoms with Gasteiger partial charge >= 0.3 is 5.97 Å². The summed E-state index contributed by atoms with van der Waals surface area (Å²) in [6.45, 7) is 6.86. The second-order valence-electron chi connectivity index (χ2n) is 13.6. The lowest BCUT2D eigenvalue weighted by atomic mass is 9.97. The monoisotopic (exact) mass is 773 g/mol. The number of hydrogen-bond acceptors (Lipinski definition) is 8. The molecule has 6 aromatic rings. The molecule has 8 bridgehead atoms. The molecule has 13 heteroatoms. The van der Waals surface area contributed by atoms with Gasteiger partial charge in [-0.3, -0.25) is 9.36 Å². The van der Waals surface area contributed by atoms with E-state index in [4.69, 9.17) is 40.7 Å². The molecule has 4 heterocycles. The molecule has 3 aromatic carbocycles. The largest absolute Gasteiger partial charge is 0.493 e. The fourth-order valence-corrected chi connectivity index (χ4v) is 8.76. The van der Waals surface area contributed by atoms with Crippen LogP contribution in [0.1, 0.15) is 50.8 Å². The van der Waals surface area contributed by atoms with Gasteiger partial charge < -0.3 is 23.5 Å². The number of thioether (sulfide) groups is 1. The van der Waals surface area contributed by atoms with Crippen LogP contribution in [0.2, 0.25) is 5.02 Å². The summed E-state index contributed by atoms with van der Waals surface area (Å²) in [4.78, 5) is 13.5. The Hall–Kier alpha value is -4.36. The van der Waals surface area contributed by atoms with E-state index in [2.05, 4.69) is 12.1 Å². The van der Waals surface area contributed by atoms with Gasteiger partial charge in [-0.1, -0.05) is 17.7 Å². The molecule has 54 heavy (non-hydrogen) atoms. The summed E-state index contributed by atoms with van der Waals surface area (Å²) in [6, 6.07) is 14.9. The number of benzene rings is 3. The van der Waals surface area contributed by atoms with E-state index in [1.165, 1.54) is 13.2 Å². The second kappa shape index (κ2) is 16.6. The normalized spacial score (nSPS) is 13.9. The van der Waals surface area contributed by atoms with E-state index >= 15 is 0 Å². The minimum Gasteiger partial charge on any atom is -0.493 e. The molecule has 0 saturated carbocycles. The van der Waals surface area contributed by atoms with Gasteiger partial charge in [0.05, 0.1) is 57.2 Å². The van der Waals surface area contributed by atoms with Crippen molar-refractivity contribution in [1.82, 2.24) is 24.1 Å². The third-order valence-electron chi connectivity index (χ3n) is 10.1. The summed E-state index contributed by atoms with van der Waals surface area (Å²) >= 11 is 8.92. The molecular weight excluding hydrogens is 729 g/mol. The Morgan fingerprint density at radius 3 is 2.67 bits per heavy atom. The van der Waals surface area contributed by atoms with Crippen molar-refractivity contribution in [2.24, 2.45) is 7.05 Å². The van der Waals surface area contributed by atoms with Gasteiger partial charge in [0.15, 0.2) is 0 Å². The Morgan fingerprint density at radius 1 is 1.00 bits per heavy atom. The summed E-state index contributed by atoms with van der Waals surface area (Å²) in [5.41, 5.74) is 8.93. The van der Waals surface area contributed by atoms with Crippen LogP contribution in [0, 0.1) is 19.7 Å². The van der Waals surface area contributed by atoms with Gasteiger partial charge in [0.25, 0.3) is 0 Å². The SMILES string of the molecule is COCCOCCn1nc(C)c2c1CSCc1cc(n(C)n1)CCc1cc(c3ccc(F)cc3c1)OCCCn1c(C(=O)OC)c(C)c3c-2c(Cl)ccc31. The number of rotatable bonds is 7. The molecule has 284 valence electrons. The van der Waals surface area contributed by atoms with Crippen molar-refractivity contribution >= 4 is 51.0 Å². The quantitative estimate of drug-likeness (QED) is 0.118. The second-order valence-corrected chi connectivity index (χ2v) is 15.0. The molecular formula is C41H45ClFN5O5S. The summed E-state index contributed by atoms with van der Waals surface area (Å²) in [5, 5.41) is 13.0. The Labute approximate surface area is 323 Å². The zero-order valence-electron chi connectivity index (χ0n) is 31.3. The van der Waals surface area contributed by atoms with Gasteiger partial charge in [-0.2, -0.15) is 10.2 Å². The maximum atomic E-state index is 14.4. The highest BCUT2D eigenvalue weighted by molar-refractivity contribution is 7.97. The molecule has 0 saturated heterocycles. The zero-order chi connectivity index (χ0) is 37.9. The first kappa shape index (κ1) is 37.9.